The molecule has 122 valence electrons. The molecule has 0 heterocycles. The van der Waals surface area contributed by atoms with Crippen LogP contribution in [-0.4, -0.2) is 6.29 Å². The number of aldehydes is 1. The fourth-order valence-corrected chi connectivity index (χ4v) is 7.00. The van der Waals surface area contributed by atoms with E-state index in [0.29, 0.717) is 11.3 Å². The second kappa shape index (κ2) is 5.49. The molecule has 0 N–H and O–H groups in total. The summed E-state index contributed by atoms with van der Waals surface area (Å²) in [5.41, 5.74) is 2.16. The van der Waals surface area contributed by atoms with Crippen LogP contribution in [-0.2, 0) is 4.79 Å². The normalized spacial score (nSPS) is 50.5. The SMILES string of the molecule is CCC1C=C2CCC3C(CCC4(C)C(C=O)CCC34)C2CC1. The highest BCUT2D eigenvalue weighted by molar-refractivity contribution is 5.56. The van der Waals surface area contributed by atoms with Crippen LogP contribution < -0.4 is 0 Å². The minimum Gasteiger partial charge on any atom is -0.303 e. The summed E-state index contributed by atoms with van der Waals surface area (Å²) in [6.45, 7) is 4.79. The van der Waals surface area contributed by atoms with Crippen molar-refractivity contribution in [3.8, 4) is 0 Å². The van der Waals surface area contributed by atoms with E-state index in [4.69, 9.17) is 0 Å². The standard InChI is InChI=1S/C21H32O/c1-3-14-4-7-17-15(12-14)5-8-19-18(17)10-11-21(2)16(13-22)6-9-20(19)21/h12-14,16-20H,3-11H2,1-2H3. The van der Waals surface area contributed by atoms with Crippen molar-refractivity contribution in [1.82, 2.24) is 0 Å². The Morgan fingerprint density at radius 3 is 2.77 bits per heavy atom. The largest absolute Gasteiger partial charge is 0.303 e. The van der Waals surface area contributed by atoms with E-state index in [9.17, 15) is 4.79 Å². The second-order valence-electron chi connectivity index (χ2n) is 8.93. The van der Waals surface area contributed by atoms with Crippen LogP contribution >= 0.6 is 0 Å². The maximum absolute atomic E-state index is 11.5. The molecule has 3 fully saturated rings. The summed E-state index contributed by atoms with van der Waals surface area (Å²) >= 11 is 0. The minimum atomic E-state index is 0.338. The van der Waals surface area contributed by atoms with Gasteiger partial charge in [0.2, 0.25) is 0 Å². The smallest absolute Gasteiger partial charge is 0.123 e. The maximum Gasteiger partial charge on any atom is 0.123 e. The molecule has 0 aromatic carbocycles. The van der Waals surface area contributed by atoms with Crippen molar-refractivity contribution in [3.63, 3.8) is 0 Å². The monoisotopic (exact) mass is 300 g/mol. The van der Waals surface area contributed by atoms with Gasteiger partial charge < -0.3 is 4.79 Å². The van der Waals surface area contributed by atoms with Crippen molar-refractivity contribution in [2.45, 2.75) is 71.6 Å². The molecule has 4 aliphatic carbocycles. The van der Waals surface area contributed by atoms with Gasteiger partial charge in [-0.25, -0.2) is 0 Å². The highest BCUT2D eigenvalue weighted by Gasteiger charge is 2.55. The summed E-state index contributed by atoms with van der Waals surface area (Å²) in [6.07, 6.45) is 16.1. The lowest BCUT2D eigenvalue weighted by Crippen LogP contribution is -2.46. The number of rotatable bonds is 2. The lowest BCUT2D eigenvalue weighted by Gasteiger charge is -2.54. The van der Waals surface area contributed by atoms with E-state index in [1.165, 1.54) is 64.1 Å². The Morgan fingerprint density at radius 1 is 1.14 bits per heavy atom. The zero-order valence-electron chi connectivity index (χ0n) is 14.4. The molecule has 7 atom stereocenters. The van der Waals surface area contributed by atoms with Gasteiger partial charge in [-0.05, 0) is 92.8 Å². The van der Waals surface area contributed by atoms with E-state index >= 15 is 0 Å². The predicted octanol–water partition coefficient (Wildman–Crippen LogP) is 5.40. The van der Waals surface area contributed by atoms with Crippen molar-refractivity contribution < 1.29 is 4.79 Å². The summed E-state index contributed by atoms with van der Waals surface area (Å²) in [4.78, 5) is 11.5. The van der Waals surface area contributed by atoms with Crippen LogP contribution in [0.5, 0.6) is 0 Å². The summed E-state index contributed by atoms with van der Waals surface area (Å²) in [5, 5.41) is 0. The van der Waals surface area contributed by atoms with Crippen LogP contribution in [0.25, 0.3) is 0 Å². The van der Waals surface area contributed by atoms with Crippen LogP contribution in [0.3, 0.4) is 0 Å². The number of hydrogen-bond donors (Lipinski definition) is 0. The Morgan fingerprint density at radius 2 is 2.00 bits per heavy atom. The molecule has 4 rings (SSSR count). The summed E-state index contributed by atoms with van der Waals surface area (Å²) in [5.74, 6) is 4.83. The van der Waals surface area contributed by atoms with Crippen molar-refractivity contribution >= 4 is 6.29 Å². The Balaban J connectivity index is 1.58. The molecule has 3 saturated carbocycles. The van der Waals surface area contributed by atoms with Crippen LogP contribution in [0.2, 0.25) is 0 Å². The molecule has 0 aliphatic heterocycles. The first-order valence-corrected chi connectivity index (χ1v) is 9.83. The molecule has 0 radical (unpaired) electrons. The van der Waals surface area contributed by atoms with Gasteiger partial charge in [0, 0.05) is 5.92 Å². The number of hydrogen-bond acceptors (Lipinski definition) is 1. The first-order valence-electron chi connectivity index (χ1n) is 9.83. The molecule has 0 aromatic rings. The third-order valence-electron chi connectivity index (χ3n) is 8.31. The molecule has 0 spiro atoms. The lowest BCUT2D eigenvalue weighted by atomic mass is 9.51. The third-order valence-corrected chi connectivity index (χ3v) is 8.31. The van der Waals surface area contributed by atoms with E-state index in [2.05, 4.69) is 19.9 Å². The molecule has 22 heavy (non-hydrogen) atoms. The molecule has 0 bridgehead atoms. The van der Waals surface area contributed by atoms with Crippen molar-refractivity contribution in [3.05, 3.63) is 11.6 Å². The van der Waals surface area contributed by atoms with E-state index in [0.717, 1.165) is 29.6 Å². The zero-order valence-corrected chi connectivity index (χ0v) is 14.4. The molecular weight excluding hydrogens is 268 g/mol. The van der Waals surface area contributed by atoms with Crippen LogP contribution in [0.15, 0.2) is 11.6 Å². The van der Waals surface area contributed by atoms with E-state index < -0.39 is 0 Å². The minimum absolute atomic E-state index is 0.338. The first kappa shape index (κ1) is 15.0. The van der Waals surface area contributed by atoms with Gasteiger partial charge in [-0.2, -0.15) is 0 Å². The highest BCUT2D eigenvalue weighted by atomic mass is 16.1. The van der Waals surface area contributed by atoms with Crippen molar-refractivity contribution in [2.24, 2.45) is 40.9 Å². The van der Waals surface area contributed by atoms with Gasteiger partial charge in [0.05, 0.1) is 0 Å². The van der Waals surface area contributed by atoms with Gasteiger partial charge in [0.25, 0.3) is 0 Å². The fourth-order valence-electron chi connectivity index (χ4n) is 7.00. The molecule has 4 aliphatic rings. The Bertz CT molecular complexity index is 478. The van der Waals surface area contributed by atoms with E-state index in [1.54, 1.807) is 0 Å². The van der Waals surface area contributed by atoms with Crippen LogP contribution in [0, 0.1) is 40.9 Å². The number of allylic oxidation sites excluding steroid dienone is 2. The van der Waals surface area contributed by atoms with Gasteiger partial charge >= 0.3 is 0 Å². The molecule has 1 heteroatoms. The van der Waals surface area contributed by atoms with Gasteiger partial charge in [0.1, 0.15) is 6.29 Å². The number of fused-ring (bicyclic) bond motifs is 5. The summed E-state index contributed by atoms with van der Waals surface area (Å²) < 4.78 is 0. The molecule has 0 aromatic heterocycles. The van der Waals surface area contributed by atoms with Gasteiger partial charge in [-0.3, -0.25) is 0 Å². The van der Waals surface area contributed by atoms with E-state index in [-0.39, 0.29) is 0 Å². The van der Waals surface area contributed by atoms with Crippen molar-refractivity contribution in [2.75, 3.05) is 0 Å². The maximum atomic E-state index is 11.5. The van der Waals surface area contributed by atoms with Gasteiger partial charge in [-0.15, -0.1) is 0 Å². The number of carbonyl (C=O) groups is 1. The molecule has 0 saturated heterocycles. The quantitative estimate of drug-likeness (QED) is 0.493. The topological polar surface area (TPSA) is 17.1 Å². The average Bonchev–Trinajstić information content (AvgIpc) is 2.90. The fraction of sp³-hybridized carbons (Fsp3) is 0.857. The zero-order chi connectivity index (χ0) is 15.3. The highest BCUT2D eigenvalue weighted by Crippen LogP contribution is 2.63. The van der Waals surface area contributed by atoms with Gasteiger partial charge in [-0.1, -0.05) is 25.5 Å². The second-order valence-corrected chi connectivity index (χ2v) is 8.93. The molecular formula is C21H32O. The number of carbonyl (C=O) groups excluding carboxylic acids is 1. The molecule has 7 unspecified atom stereocenters. The van der Waals surface area contributed by atoms with Gasteiger partial charge in [0.15, 0.2) is 0 Å². The Hall–Kier alpha value is -0.590. The van der Waals surface area contributed by atoms with E-state index in [1.807, 2.05) is 5.57 Å². The summed E-state index contributed by atoms with van der Waals surface area (Å²) in [7, 11) is 0. The van der Waals surface area contributed by atoms with Crippen LogP contribution in [0.1, 0.15) is 71.6 Å². The van der Waals surface area contributed by atoms with Crippen molar-refractivity contribution in [1.29, 1.82) is 0 Å². The predicted molar refractivity (Wildman–Crippen MR) is 90.4 cm³/mol. The molecule has 1 nitrogen and oxygen atoms in total. The van der Waals surface area contributed by atoms with Crippen LogP contribution in [0.4, 0.5) is 0 Å². The summed E-state index contributed by atoms with van der Waals surface area (Å²) in [6, 6.07) is 0. The lowest BCUT2D eigenvalue weighted by molar-refractivity contribution is -0.116. The Kier molecular flexibility index (Phi) is 3.74. The Labute approximate surface area is 135 Å². The average molecular weight is 300 g/mol. The first-order chi connectivity index (χ1) is 10.7. The third kappa shape index (κ3) is 2.07. The molecule has 0 amide bonds.